The number of nitrogens with zero attached hydrogens (tertiary/aromatic N) is 2. The van der Waals surface area contributed by atoms with E-state index in [4.69, 9.17) is 5.11 Å². The molecular weight excluding hydrogens is 310 g/mol. The minimum absolute atomic E-state index is 0.107. The topological polar surface area (TPSA) is 65.5 Å². The number of aliphatic hydroxyl groups excluding tert-OH is 1. The van der Waals surface area contributed by atoms with Gasteiger partial charge >= 0.3 is 0 Å². The van der Waals surface area contributed by atoms with Crippen molar-refractivity contribution in [3.05, 3.63) is 40.3 Å². The normalized spacial score (nSPS) is 11.3. The number of rotatable bonds is 5. The third-order valence-electron chi connectivity index (χ3n) is 3.49. The van der Waals surface area contributed by atoms with Crippen LogP contribution in [-0.2, 0) is 5.41 Å². The van der Waals surface area contributed by atoms with Crippen molar-refractivity contribution >= 4 is 28.6 Å². The van der Waals surface area contributed by atoms with Crippen molar-refractivity contribution in [1.29, 1.82) is 0 Å². The molecule has 0 aliphatic rings. The van der Waals surface area contributed by atoms with Crippen LogP contribution in [0.4, 0.5) is 11.4 Å². The van der Waals surface area contributed by atoms with E-state index < -0.39 is 0 Å². The van der Waals surface area contributed by atoms with Crippen molar-refractivity contribution in [2.24, 2.45) is 0 Å². The summed E-state index contributed by atoms with van der Waals surface area (Å²) in [5.41, 5.74) is 4.10. The van der Waals surface area contributed by atoms with Gasteiger partial charge in [0.15, 0.2) is 0 Å². The molecule has 1 amide bonds. The van der Waals surface area contributed by atoms with Gasteiger partial charge in [0.2, 0.25) is 0 Å². The van der Waals surface area contributed by atoms with Crippen LogP contribution in [0.2, 0.25) is 0 Å². The van der Waals surface area contributed by atoms with Gasteiger partial charge in [0.05, 0.1) is 17.8 Å². The van der Waals surface area contributed by atoms with Crippen LogP contribution in [-0.4, -0.2) is 36.2 Å². The maximum Gasteiger partial charge on any atom is 0.267 e. The zero-order valence-corrected chi connectivity index (χ0v) is 14.8. The Kier molecular flexibility index (Phi) is 5.38. The van der Waals surface area contributed by atoms with Crippen LogP contribution in [0.5, 0.6) is 0 Å². The standard InChI is InChI=1S/C17H23N3O2S/c1-17(2,3)15-14(23-11-18-15)16(22)19-12-5-7-13(8-6-12)20(4)9-10-21/h5-8,11,21H,9-10H2,1-4H3,(H,19,22). The third-order valence-corrected chi connectivity index (χ3v) is 4.31. The number of hydrogen-bond acceptors (Lipinski definition) is 5. The average Bonchev–Trinajstić information content (AvgIpc) is 2.98. The van der Waals surface area contributed by atoms with Gasteiger partial charge in [0, 0.05) is 30.4 Å². The molecular formula is C17H23N3O2S. The molecule has 0 aliphatic carbocycles. The highest BCUT2D eigenvalue weighted by Crippen LogP contribution is 2.28. The summed E-state index contributed by atoms with van der Waals surface area (Å²) >= 11 is 1.36. The maximum absolute atomic E-state index is 12.5. The summed E-state index contributed by atoms with van der Waals surface area (Å²) in [5, 5.41) is 11.9. The Morgan fingerprint density at radius 2 is 1.96 bits per heavy atom. The number of aliphatic hydroxyl groups is 1. The van der Waals surface area contributed by atoms with Gasteiger partial charge in [0.25, 0.3) is 5.91 Å². The Morgan fingerprint density at radius 1 is 1.30 bits per heavy atom. The summed E-state index contributed by atoms with van der Waals surface area (Å²) in [6.07, 6.45) is 0. The van der Waals surface area contributed by atoms with E-state index in [0.29, 0.717) is 11.4 Å². The second-order valence-corrected chi connectivity index (χ2v) is 7.28. The van der Waals surface area contributed by atoms with Crippen molar-refractivity contribution in [1.82, 2.24) is 4.98 Å². The number of hydrogen-bond donors (Lipinski definition) is 2. The number of amides is 1. The van der Waals surface area contributed by atoms with Gasteiger partial charge in [-0.05, 0) is 24.3 Å². The highest BCUT2D eigenvalue weighted by Gasteiger charge is 2.24. The molecule has 0 fully saturated rings. The molecule has 1 heterocycles. The Bertz CT molecular complexity index is 659. The molecule has 124 valence electrons. The second-order valence-electron chi connectivity index (χ2n) is 6.43. The minimum atomic E-state index is -0.163. The molecule has 2 N–H and O–H groups in total. The fourth-order valence-corrected chi connectivity index (χ4v) is 3.10. The first-order valence-electron chi connectivity index (χ1n) is 7.50. The summed E-state index contributed by atoms with van der Waals surface area (Å²) < 4.78 is 0. The number of anilines is 2. The number of carbonyl (C=O) groups is 1. The lowest BCUT2D eigenvalue weighted by atomic mass is 9.91. The zero-order valence-electron chi connectivity index (χ0n) is 14.0. The molecule has 0 spiro atoms. The smallest absolute Gasteiger partial charge is 0.267 e. The van der Waals surface area contributed by atoms with Gasteiger partial charge in [-0.1, -0.05) is 20.8 Å². The number of nitrogens with one attached hydrogen (secondary N) is 1. The quantitative estimate of drug-likeness (QED) is 0.882. The van der Waals surface area contributed by atoms with Crippen molar-refractivity contribution < 1.29 is 9.90 Å². The Balaban J connectivity index is 2.11. The molecule has 0 radical (unpaired) electrons. The SMILES string of the molecule is CN(CCO)c1ccc(NC(=O)c2scnc2C(C)(C)C)cc1. The largest absolute Gasteiger partial charge is 0.395 e. The van der Waals surface area contributed by atoms with Crippen LogP contribution in [0.3, 0.4) is 0 Å². The highest BCUT2D eigenvalue weighted by molar-refractivity contribution is 7.12. The third kappa shape index (κ3) is 4.30. The molecule has 0 saturated heterocycles. The van der Waals surface area contributed by atoms with E-state index in [1.54, 1.807) is 5.51 Å². The lowest BCUT2D eigenvalue weighted by Gasteiger charge is -2.19. The number of carbonyl (C=O) groups excluding carboxylic acids is 1. The number of likely N-dealkylation sites (N-methyl/N-ethyl adjacent to an activating group) is 1. The minimum Gasteiger partial charge on any atom is -0.395 e. The van der Waals surface area contributed by atoms with E-state index in [1.807, 2.05) is 57.0 Å². The van der Waals surface area contributed by atoms with Crippen LogP contribution in [0.15, 0.2) is 29.8 Å². The molecule has 0 bridgehead atoms. The van der Waals surface area contributed by atoms with E-state index in [-0.39, 0.29) is 17.9 Å². The molecule has 0 aliphatic heterocycles. The van der Waals surface area contributed by atoms with Gasteiger partial charge in [-0.2, -0.15) is 0 Å². The molecule has 5 nitrogen and oxygen atoms in total. The zero-order chi connectivity index (χ0) is 17.0. The van der Waals surface area contributed by atoms with E-state index in [0.717, 1.165) is 17.1 Å². The fraction of sp³-hybridized carbons (Fsp3) is 0.412. The first-order valence-corrected chi connectivity index (χ1v) is 8.38. The molecule has 0 saturated carbocycles. The van der Waals surface area contributed by atoms with Crippen LogP contribution < -0.4 is 10.2 Å². The summed E-state index contributed by atoms with van der Waals surface area (Å²) in [7, 11) is 1.91. The first kappa shape index (κ1) is 17.4. The molecule has 6 heteroatoms. The average molecular weight is 333 g/mol. The summed E-state index contributed by atoms with van der Waals surface area (Å²) in [6, 6.07) is 7.56. The number of thiazole rings is 1. The van der Waals surface area contributed by atoms with Crippen LogP contribution in [0.1, 0.15) is 36.1 Å². The first-order chi connectivity index (χ1) is 10.8. The Morgan fingerprint density at radius 3 is 2.52 bits per heavy atom. The van der Waals surface area contributed by atoms with Crippen LogP contribution in [0.25, 0.3) is 0 Å². The van der Waals surface area contributed by atoms with E-state index in [1.165, 1.54) is 11.3 Å². The van der Waals surface area contributed by atoms with Gasteiger partial charge in [-0.3, -0.25) is 4.79 Å². The highest BCUT2D eigenvalue weighted by atomic mass is 32.1. The van der Waals surface area contributed by atoms with Crippen LogP contribution in [0, 0.1) is 0 Å². The number of aromatic nitrogens is 1. The van der Waals surface area contributed by atoms with Crippen molar-refractivity contribution in [2.45, 2.75) is 26.2 Å². The molecule has 2 rings (SSSR count). The Hall–Kier alpha value is -1.92. The summed E-state index contributed by atoms with van der Waals surface area (Å²) in [6.45, 7) is 6.82. The molecule has 23 heavy (non-hydrogen) atoms. The molecule has 0 atom stereocenters. The van der Waals surface area contributed by atoms with Crippen molar-refractivity contribution in [3.8, 4) is 0 Å². The van der Waals surface area contributed by atoms with Crippen molar-refractivity contribution in [2.75, 3.05) is 30.4 Å². The van der Waals surface area contributed by atoms with Crippen LogP contribution >= 0.6 is 11.3 Å². The van der Waals surface area contributed by atoms with Gasteiger partial charge in [0.1, 0.15) is 4.88 Å². The van der Waals surface area contributed by atoms with E-state index in [9.17, 15) is 4.79 Å². The summed E-state index contributed by atoms with van der Waals surface area (Å²) in [4.78, 5) is 19.4. The molecule has 2 aromatic rings. The maximum atomic E-state index is 12.5. The van der Waals surface area contributed by atoms with E-state index in [2.05, 4.69) is 10.3 Å². The lowest BCUT2D eigenvalue weighted by molar-refractivity contribution is 0.102. The van der Waals surface area contributed by atoms with Crippen molar-refractivity contribution in [3.63, 3.8) is 0 Å². The predicted octanol–water partition coefficient (Wildman–Crippen LogP) is 3.12. The van der Waals surface area contributed by atoms with Gasteiger partial charge in [-0.15, -0.1) is 11.3 Å². The monoisotopic (exact) mass is 333 g/mol. The van der Waals surface area contributed by atoms with E-state index >= 15 is 0 Å². The number of benzene rings is 1. The Labute approximate surface area is 141 Å². The molecule has 1 aromatic heterocycles. The summed E-state index contributed by atoms with van der Waals surface area (Å²) in [5.74, 6) is -0.131. The predicted molar refractivity (Wildman–Crippen MR) is 95.6 cm³/mol. The second kappa shape index (κ2) is 7.10. The molecule has 0 unspecified atom stereocenters. The van der Waals surface area contributed by atoms with Gasteiger partial charge in [-0.25, -0.2) is 4.98 Å². The fourth-order valence-electron chi connectivity index (χ4n) is 2.21. The van der Waals surface area contributed by atoms with Gasteiger partial charge < -0.3 is 15.3 Å². The lowest BCUT2D eigenvalue weighted by Crippen LogP contribution is -2.21. The molecule has 1 aromatic carbocycles.